The van der Waals surface area contributed by atoms with Crippen LogP contribution in [0.3, 0.4) is 0 Å². The van der Waals surface area contributed by atoms with Crippen molar-refractivity contribution < 1.29 is 9.53 Å². The van der Waals surface area contributed by atoms with Crippen molar-refractivity contribution in [3.05, 3.63) is 28.7 Å². The number of hydrogen-bond acceptors (Lipinski definition) is 4. The summed E-state index contributed by atoms with van der Waals surface area (Å²) in [5.74, 6) is -0.447. The summed E-state index contributed by atoms with van der Waals surface area (Å²) in [5, 5.41) is 0. The van der Waals surface area contributed by atoms with Gasteiger partial charge in [-0.15, -0.1) is 0 Å². The molecule has 0 amide bonds. The van der Waals surface area contributed by atoms with Gasteiger partial charge in [0.15, 0.2) is 0 Å². The zero-order valence-electron chi connectivity index (χ0n) is 8.77. The lowest BCUT2D eigenvalue weighted by Crippen LogP contribution is -2.27. The second-order valence-electron chi connectivity index (χ2n) is 3.44. The lowest BCUT2D eigenvalue weighted by molar-refractivity contribution is -0.148. The third-order valence-corrected chi connectivity index (χ3v) is 1.72. The van der Waals surface area contributed by atoms with E-state index in [0.717, 1.165) is 0 Å². The van der Waals surface area contributed by atoms with Gasteiger partial charge in [0.25, 0.3) is 5.56 Å². The van der Waals surface area contributed by atoms with E-state index in [4.69, 9.17) is 10.5 Å². The number of hydrogen-bond donors (Lipinski definition) is 1. The fraction of sp³-hybridized carbons (Fsp3) is 0.400. The first-order chi connectivity index (χ1) is 7.00. The van der Waals surface area contributed by atoms with Gasteiger partial charge < -0.3 is 15.0 Å². The van der Waals surface area contributed by atoms with Crippen LogP contribution in [0.25, 0.3) is 0 Å². The Morgan fingerprint density at radius 3 is 2.87 bits per heavy atom. The van der Waals surface area contributed by atoms with Crippen LogP contribution in [0.4, 0.5) is 5.69 Å². The molecule has 5 heteroatoms. The summed E-state index contributed by atoms with van der Waals surface area (Å²) in [4.78, 5) is 22.7. The van der Waals surface area contributed by atoms with Crippen LogP contribution in [-0.4, -0.2) is 16.6 Å². The summed E-state index contributed by atoms with van der Waals surface area (Å²) < 4.78 is 6.13. The fourth-order valence-electron chi connectivity index (χ4n) is 1.12. The van der Waals surface area contributed by atoms with Gasteiger partial charge in [-0.3, -0.25) is 9.59 Å². The minimum atomic E-state index is -0.447. The van der Waals surface area contributed by atoms with Crippen molar-refractivity contribution in [3.8, 4) is 0 Å². The van der Waals surface area contributed by atoms with Gasteiger partial charge in [-0.25, -0.2) is 0 Å². The normalized spacial score (nSPS) is 10.3. The molecule has 0 atom stereocenters. The van der Waals surface area contributed by atoms with Crippen molar-refractivity contribution in [3.63, 3.8) is 0 Å². The maximum atomic E-state index is 11.4. The molecular formula is C10H14N2O3. The quantitative estimate of drug-likeness (QED) is 0.732. The summed E-state index contributed by atoms with van der Waals surface area (Å²) in [6.07, 6.45) is 1.31. The molecule has 1 aromatic heterocycles. The molecule has 1 aromatic rings. The number of pyridine rings is 1. The van der Waals surface area contributed by atoms with Gasteiger partial charge in [0.05, 0.1) is 11.8 Å². The first-order valence-corrected chi connectivity index (χ1v) is 4.65. The van der Waals surface area contributed by atoms with Crippen molar-refractivity contribution in [1.82, 2.24) is 4.57 Å². The van der Waals surface area contributed by atoms with E-state index in [0.29, 0.717) is 0 Å². The molecule has 0 aliphatic heterocycles. The van der Waals surface area contributed by atoms with Crippen molar-refractivity contribution >= 4 is 11.7 Å². The number of carbonyl (C=O) groups excluding carboxylic acids is 1. The van der Waals surface area contributed by atoms with Gasteiger partial charge in [-0.05, 0) is 26.0 Å². The third-order valence-electron chi connectivity index (χ3n) is 1.72. The Bertz CT molecular complexity index is 409. The first-order valence-electron chi connectivity index (χ1n) is 4.65. The smallest absolute Gasteiger partial charge is 0.326 e. The Morgan fingerprint density at radius 1 is 1.60 bits per heavy atom. The van der Waals surface area contributed by atoms with E-state index in [-0.39, 0.29) is 23.9 Å². The number of nitrogens with two attached hydrogens (primary N) is 1. The molecule has 15 heavy (non-hydrogen) atoms. The topological polar surface area (TPSA) is 74.3 Å². The monoisotopic (exact) mass is 210 g/mol. The molecule has 0 saturated carbocycles. The highest BCUT2D eigenvalue weighted by Gasteiger charge is 2.08. The Labute approximate surface area is 87.5 Å². The van der Waals surface area contributed by atoms with Crippen LogP contribution in [0, 0.1) is 0 Å². The molecule has 0 bridgehead atoms. The van der Waals surface area contributed by atoms with Crippen molar-refractivity contribution in [2.24, 2.45) is 0 Å². The highest BCUT2D eigenvalue weighted by Crippen LogP contribution is 1.95. The molecule has 0 unspecified atom stereocenters. The number of nitrogen functional groups attached to an aromatic ring is 1. The Balaban J connectivity index is 2.77. The zero-order chi connectivity index (χ0) is 11.4. The lowest BCUT2D eigenvalue weighted by atomic mass is 10.4. The van der Waals surface area contributed by atoms with E-state index < -0.39 is 5.97 Å². The number of ether oxygens (including phenoxy) is 1. The standard InChI is InChI=1S/C10H14N2O3/c1-7(2)15-9(13)6-12-5-3-4-8(11)10(12)14/h3-5,7H,6,11H2,1-2H3. The minimum Gasteiger partial charge on any atom is -0.462 e. The molecule has 0 spiro atoms. The van der Waals surface area contributed by atoms with Crippen LogP contribution in [0.2, 0.25) is 0 Å². The SMILES string of the molecule is CC(C)OC(=O)Cn1cccc(N)c1=O. The molecule has 5 nitrogen and oxygen atoms in total. The summed E-state index contributed by atoms with van der Waals surface area (Å²) in [7, 11) is 0. The Morgan fingerprint density at radius 2 is 2.27 bits per heavy atom. The molecule has 0 radical (unpaired) electrons. The number of nitrogens with zero attached hydrogens (tertiary/aromatic N) is 1. The molecule has 1 heterocycles. The largest absolute Gasteiger partial charge is 0.462 e. The summed E-state index contributed by atoms with van der Waals surface area (Å²) in [6.45, 7) is 3.39. The maximum absolute atomic E-state index is 11.4. The van der Waals surface area contributed by atoms with Crippen molar-refractivity contribution in [1.29, 1.82) is 0 Å². The van der Waals surface area contributed by atoms with E-state index in [1.165, 1.54) is 16.8 Å². The van der Waals surface area contributed by atoms with Crippen LogP contribution in [0.1, 0.15) is 13.8 Å². The number of rotatable bonds is 3. The van der Waals surface area contributed by atoms with Gasteiger partial charge in [0.1, 0.15) is 6.54 Å². The number of esters is 1. The van der Waals surface area contributed by atoms with Crippen LogP contribution in [0.5, 0.6) is 0 Å². The molecule has 82 valence electrons. The van der Waals surface area contributed by atoms with Gasteiger partial charge >= 0.3 is 5.97 Å². The molecule has 2 N–H and O–H groups in total. The highest BCUT2D eigenvalue weighted by molar-refractivity contribution is 5.69. The average Bonchev–Trinajstić information content (AvgIpc) is 2.11. The van der Waals surface area contributed by atoms with E-state index >= 15 is 0 Å². The van der Waals surface area contributed by atoms with Gasteiger partial charge in [-0.2, -0.15) is 0 Å². The average molecular weight is 210 g/mol. The maximum Gasteiger partial charge on any atom is 0.326 e. The fourth-order valence-corrected chi connectivity index (χ4v) is 1.12. The highest BCUT2D eigenvalue weighted by atomic mass is 16.5. The van der Waals surface area contributed by atoms with Crippen LogP contribution in [-0.2, 0) is 16.1 Å². The molecule has 0 fully saturated rings. The Kier molecular flexibility index (Phi) is 3.49. The predicted octanol–water partition coefficient (Wildman–Crippen LogP) is 0.382. The van der Waals surface area contributed by atoms with Crippen molar-refractivity contribution in [2.45, 2.75) is 26.5 Å². The molecule has 0 saturated heterocycles. The summed E-state index contributed by atoms with van der Waals surface area (Å²) in [6, 6.07) is 3.10. The second-order valence-corrected chi connectivity index (χ2v) is 3.44. The number of anilines is 1. The minimum absolute atomic E-state index is 0.109. The van der Waals surface area contributed by atoms with Crippen LogP contribution < -0.4 is 11.3 Å². The van der Waals surface area contributed by atoms with Crippen LogP contribution >= 0.6 is 0 Å². The van der Waals surface area contributed by atoms with Gasteiger partial charge in [0, 0.05) is 6.20 Å². The number of aromatic nitrogens is 1. The molecular weight excluding hydrogens is 196 g/mol. The van der Waals surface area contributed by atoms with Crippen LogP contribution in [0.15, 0.2) is 23.1 Å². The van der Waals surface area contributed by atoms with Crippen molar-refractivity contribution in [2.75, 3.05) is 5.73 Å². The van der Waals surface area contributed by atoms with E-state index in [2.05, 4.69) is 0 Å². The lowest BCUT2D eigenvalue weighted by Gasteiger charge is -2.09. The first kappa shape index (κ1) is 11.3. The molecule has 0 aliphatic carbocycles. The summed E-state index contributed by atoms with van der Waals surface area (Å²) in [5.41, 5.74) is 5.16. The second kappa shape index (κ2) is 4.63. The van der Waals surface area contributed by atoms with Gasteiger partial charge in [0.2, 0.25) is 0 Å². The van der Waals surface area contributed by atoms with E-state index in [1.807, 2.05) is 0 Å². The van der Waals surface area contributed by atoms with Gasteiger partial charge in [-0.1, -0.05) is 0 Å². The van der Waals surface area contributed by atoms with E-state index in [9.17, 15) is 9.59 Å². The molecule has 0 aliphatic rings. The third kappa shape index (κ3) is 3.12. The number of carbonyl (C=O) groups is 1. The summed E-state index contributed by atoms with van der Waals surface area (Å²) >= 11 is 0. The Hall–Kier alpha value is -1.78. The zero-order valence-corrected chi connectivity index (χ0v) is 8.77. The molecule has 0 aromatic carbocycles. The predicted molar refractivity (Wildman–Crippen MR) is 56.3 cm³/mol. The molecule has 1 rings (SSSR count). The van der Waals surface area contributed by atoms with E-state index in [1.54, 1.807) is 19.9 Å².